The average Bonchev–Trinajstić information content (AvgIpc) is 2.41. The summed E-state index contributed by atoms with van der Waals surface area (Å²) >= 11 is 0. The summed E-state index contributed by atoms with van der Waals surface area (Å²) in [6, 6.07) is 2.11. The molecule has 0 unspecified atom stereocenters. The lowest BCUT2D eigenvalue weighted by Gasteiger charge is -2.10. The van der Waals surface area contributed by atoms with Crippen LogP contribution in [0.15, 0.2) is 6.07 Å². The molecule has 13 heavy (non-hydrogen) atoms. The van der Waals surface area contributed by atoms with Gasteiger partial charge in [0.05, 0.1) is 11.4 Å². The Kier molecular flexibility index (Phi) is 2.33. The molecular weight excluding hydrogens is 164 g/mol. The molecule has 0 atom stereocenters. The Balaban J connectivity index is 2.26. The van der Waals surface area contributed by atoms with Crippen LogP contribution in [0.25, 0.3) is 0 Å². The molecule has 1 aromatic rings. The predicted octanol–water partition coefficient (Wildman–Crippen LogP) is 0.177. The molecule has 4 nitrogen and oxygen atoms in total. The molecule has 0 aromatic carbocycles. The number of aryl methyl sites for hydroxylation is 1. The SMILES string of the molecule is CN1CCCn2nc(CN)cc2C1. The number of rotatable bonds is 1. The normalized spacial score (nSPS) is 18.3. The van der Waals surface area contributed by atoms with Crippen molar-refractivity contribution < 1.29 is 0 Å². The van der Waals surface area contributed by atoms with E-state index in [0.29, 0.717) is 6.54 Å². The van der Waals surface area contributed by atoms with Crippen molar-refractivity contribution in [3.63, 3.8) is 0 Å². The Hall–Kier alpha value is -0.870. The number of nitrogens with two attached hydrogens (primary N) is 1. The monoisotopic (exact) mass is 180 g/mol. The van der Waals surface area contributed by atoms with E-state index < -0.39 is 0 Å². The molecular formula is C9H16N4. The van der Waals surface area contributed by atoms with Crippen LogP contribution in [0.2, 0.25) is 0 Å². The fourth-order valence-electron chi connectivity index (χ4n) is 1.78. The molecule has 1 aliphatic heterocycles. The second-order valence-electron chi connectivity index (χ2n) is 3.65. The zero-order valence-electron chi connectivity index (χ0n) is 8.03. The smallest absolute Gasteiger partial charge is 0.0763 e. The molecule has 4 heteroatoms. The van der Waals surface area contributed by atoms with Crippen LogP contribution in [0, 0.1) is 0 Å². The number of hydrogen-bond donors (Lipinski definition) is 1. The average molecular weight is 180 g/mol. The molecule has 0 aliphatic carbocycles. The quantitative estimate of drug-likeness (QED) is 0.670. The lowest BCUT2D eigenvalue weighted by atomic mass is 10.3. The third-order valence-corrected chi connectivity index (χ3v) is 2.46. The first-order valence-electron chi connectivity index (χ1n) is 4.74. The van der Waals surface area contributed by atoms with Gasteiger partial charge in [0.1, 0.15) is 0 Å². The first-order chi connectivity index (χ1) is 6.29. The predicted molar refractivity (Wildman–Crippen MR) is 51.1 cm³/mol. The van der Waals surface area contributed by atoms with Gasteiger partial charge in [-0.1, -0.05) is 0 Å². The Morgan fingerprint density at radius 2 is 2.38 bits per heavy atom. The zero-order valence-corrected chi connectivity index (χ0v) is 8.03. The molecule has 1 aliphatic rings. The highest BCUT2D eigenvalue weighted by molar-refractivity contribution is 5.10. The highest BCUT2D eigenvalue weighted by Gasteiger charge is 2.12. The molecule has 0 spiro atoms. The molecule has 0 saturated carbocycles. The minimum atomic E-state index is 0.545. The third kappa shape index (κ3) is 1.73. The molecule has 0 saturated heterocycles. The fraction of sp³-hybridized carbons (Fsp3) is 0.667. The Bertz CT molecular complexity index is 292. The van der Waals surface area contributed by atoms with Crippen LogP contribution in [-0.2, 0) is 19.6 Å². The number of nitrogens with zero attached hydrogens (tertiary/aromatic N) is 3. The molecule has 2 N–H and O–H groups in total. The van der Waals surface area contributed by atoms with Crippen LogP contribution in [0.4, 0.5) is 0 Å². The summed E-state index contributed by atoms with van der Waals surface area (Å²) in [6.45, 7) is 3.72. The van der Waals surface area contributed by atoms with E-state index in [4.69, 9.17) is 5.73 Å². The van der Waals surface area contributed by atoms with E-state index in [0.717, 1.165) is 25.3 Å². The minimum Gasteiger partial charge on any atom is -0.325 e. The zero-order chi connectivity index (χ0) is 9.26. The van der Waals surface area contributed by atoms with E-state index in [9.17, 15) is 0 Å². The van der Waals surface area contributed by atoms with Gasteiger partial charge in [-0.2, -0.15) is 5.10 Å². The topological polar surface area (TPSA) is 47.1 Å². The van der Waals surface area contributed by atoms with Gasteiger partial charge in [-0.3, -0.25) is 4.68 Å². The summed E-state index contributed by atoms with van der Waals surface area (Å²) in [5, 5.41) is 4.43. The summed E-state index contributed by atoms with van der Waals surface area (Å²) in [4.78, 5) is 2.32. The Labute approximate surface area is 78.3 Å². The second kappa shape index (κ2) is 3.47. The molecule has 1 aromatic heterocycles. The van der Waals surface area contributed by atoms with Crippen LogP contribution >= 0.6 is 0 Å². The summed E-state index contributed by atoms with van der Waals surface area (Å²) < 4.78 is 2.09. The van der Waals surface area contributed by atoms with Crippen molar-refractivity contribution in [3.05, 3.63) is 17.5 Å². The van der Waals surface area contributed by atoms with E-state index in [1.54, 1.807) is 0 Å². The first kappa shape index (κ1) is 8.72. The van der Waals surface area contributed by atoms with E-state index in [1.165, 1.54) is 12.1 Å². The summed E-state index contributed by atoms with van der Waals surface area (Å²) in [7, 11) is 2.14. The summed E-state index contributed by atoms with van der Waals surface area (Å²) in [5.74, 6) is 0. The van der Waals surface area contributed by atoms with Crippen LogP contribution in [0.3, 0.4) is 0 Å². The molecule has 2 heterocycles. The van der Waals surface area contributed by atoms with Gasteiger partial charge in [0.2, 0.25) is 0 Å². The van der Waals surface area contributed by atoms with Crippen LogP contribution in [0.5, 0.6) is 0 Å². The van der Waals surface area contributed by atoms with Crippen molar-refractivity contribution in [2.45, 2.75) is 26.1 Å². The van der Waals surface area contributed by atoms with Gasteiger partial charge >= 0.3 is 0 Å². The summed E-state index contributed by atoms with van der Waals surface area (Å²) in [5.41, 5.74) is 7.84. The lowest BCUT2D eigenvalue weighted by molar-refractivity contribution is 0.332. The second-order valence-corrected chi connectivity index (χ2v) is 3.65. The first-order valence-corrected chi connectivity index (χ1v) is 4.74. The van der Waals surface area contributed by atoms with Gasteiger partial charge in [-0.25, -0.2) is 0 Å². The number of fused-ring (bicyclic) bond motifs is 1. The van der Waals surface area contributed by atoms with Gasteiger partial charge in [0, 0.05) is 26.2 Å². The van der Waals surface area contributed by atoms with Crippen LogP contribution in [-0.4, -0.2) is 28.3 Å². The van der Waals surface area contributed by atoms with Gasteiger partial charge in [-0.05, 0) is 19.5 Å². The van der Waals surface area contributed by atoms with Gasteiger partial charge in [0.25, 0.3) is 0 Å². The maximum atomic E-state index is 5.55. The molecule has 72 valence electrons. The highest BCUT2D eigenvalue weighted by Crippen LogP contribution is 2.11. The molecule has 2 rings (SSSR count). The van der Waals surface area contributed by atoms with Crippen molar-refractivity contribution in [1.29, 1.82) is 0 Å². The van der Waals surface area contributed by atoms with Gasteiger partial charge in [-0.15, -0.1) is 0 Å². The Morgan fingerprint density at radius 1 is 1.54 bits per heavy atom. The van der Waals surface area contributed by atoms with Crippen molar-refractivity contribution in [3.8, 4) is 0 Å². The largest absolute Gasteiger partial charge is 0.325 e. The number of hydrogen-bond acceptors (Lipinski definition) is 3. The van der Waals surface area contributed by atoms with Gasteiger partial charge < -0.3 is 10.6 Å². The van der Waals surface area contributed by atoms with Crippen molar-refractivity contribution in [1.82, 2.24) is 14.7 Å². The van der Waals surface area contributed by atoms with E-state index in [-0.39, 0.29) is 0 Å². The molecule has 0 bridgehead atoms. The maximum Gasteiger partial charge on any atom is 0.0763 e. The van der Waals surface area contributed by atoms with Crippen LogP contribution < -0.4 is 5.73 Å². The highest BCUT2D eigenvalue weighted by atomic mass is 15.3. The third-order valence-electron chi connectivity index (χ3n) is 2.46. The Morgan fingerprint density at radius 3 is 3.15 bits per heavy atom. The standard InChI is InChI=1S/C9H16N4/c1-12-3-2-4-13-9(7-12)5-8(6-10)11-13/h5H,2-4,6-7,10H2,1H3. The van der Waals surface area contributed by atoms with Crippen molar-refractivity contribution >= 4 is 0 Å². The van der Waals surface area contributed by atoms with Crippen molar-refractivity contribution in [2.24, 2.45) is 5.73 Å². The molecule has 0 fully saturated rings. The van der Waals surface area contributed by atoms with E-state index in [2.05, 4.69) is 27.8 Å². The van der Waals surface area contributed by atoms with E-state index >= 15 is 0 Å². The maximum absolute atomic E-state index is 5.55. The van der Waals surface area contributed by atoms with E-state index in [1.807, 2.05) is 0 Å². The molecule has 0 amide bonds. The molecule has 0 radical (unpaired) electrons. The van der Waals surface area contributed by atoms with Gasteiger partial charge in [0.15, 0.2) is 0 Å². The summed E-state index contributed by atoms with van der Waals surface area (Å²) in [6.07, 6.45) is 1.18. The van der Waals surface area contributed by atoms with Crippen LogP contribution in [0.1, 0.15) is 17.8 Å². The minimum absolute atomic E-state index is 0.545. The number of aromatic nitrogens is 2. The van der Waals surface area contributed by atoms with Crippen molar-refractivity contribution in [2.75, 3.05) is 13.6 Å². The fourth-order valence-corrected chi connectivity index (χ4v) is 1.78. The lowest BCUT2D eigenvalue weighted by Crippen LogP contribution is -2.17.